The summed E-state index contributed by atoms with van der Waals surface area (Å²) in [4.78, 5) is 32.1. The van der Waals surface area contributed by atoms with E-state index in [4.69, 9.17) is 0 Å². The highest BCUT2D eigenvalue weighted by Crippen LogP contribution is 2.50. The third-order valence-corrected chi connectivity index (χ3v) is 6.37. The molecule has 2 amide bonds. The first-order chi connectivity index (χ1) is 13.4. The number of para-hydroxylation sites is 1. The molecule has 2 N–H and O–H groups in total. The molecule has 2 aromatic carbocycles. The Hall–Kier alpha value is -2.60. The molecule has 6 heteroatoms. The molecule has 2 aliphatic heterocycles. The van der Waals surface area contributed by atoms with Gasteiger partial charge in [0.1, 0.15) is 0 Å². The predicted molar refractivity (Wildman–Crippen MR) is 112 cm³/mol. The van der Waals surface area contributed by atoms with Crippen LogP contribution in [0.3, 0.4) is 0 Å². The minimum absolute atomic E-state index is 0.0210. The number of anilines is 1. The van der Waals surface area contributed by atoms with E-state index < -0.39 is 5.54 Å². The zero-order valence-corrected chi connectivity index (χ0v) is 17.3. The van der Waals surface area contributed by atoms with Crippen molar-refractivity contribution in [1.29, 1.82) is 0 Å². The third kappa shape index (κ3) is 2.12. The van der Waals surface area contributed by atoms with Crippen LogP contribution in [0.1, 0.15) is 30.7 Å². The number of aromatic amines is 1. The molecule has 2 aliphatic rings. The normalized spacial score (nSPS) is 20.6. The zero-order valence-electron chi connectivity index (χ0n) is 15.7. The van der Waals surface area contributed by atoms with Crippen molar-refractivity contribution >= 4 is 44.3 Å². The summed E-state index contributed by atoms with van der Waals surface area (Å²) in [5.74, 6) is -0.402. The molecule has 3 aromatic rings. The molecule has 5 nitrogen and oxygen atoms in total. The van der Waals surface area contributed by atoms with Crippen LogP contribution in [0.15, 0.2) is 46.9 Å². The van der Waals surface area contributed by atoms with Crippen molar-refractivity contribution in [3.63, 3.8) is 0 Å². The molecule has 3 heterocycles. The monoisotopic (exact) mass is 437 g/mol. The smallest absolute Gasteiger partial charge is 0.261 e. The number of nitrogens with one attached hydrogen (secondary N) is 2. The van der Waals surface area contributed by atoms with E-state index in [1.165, 1.54) is 0 Å². The van der Waals surface area contributed by atoms with Crippen molar-refractivity contribution < 1.29 is 9.59 Å². The van der Waals surface area contributed by atoms with Gasteiger partial charge in [-0.2, -0.15) is 0 Å². The molecule has 0 saturated carbocycles. The molecule has 1 spiro atoms. The summed E-state index contributed by atoms with van der Waals surface area (Å²) in [6.45, 7) is 4.27. The van der Waals surface area contributed by atoms with Crippen molar-refractivity contribution in [3.05, 3.63) is 63.8 Å². The highest BCUT2D eigenvalue weighted by molar-refractivity contribution is 9.10. The molecule has 1 atom stereocenters. The van der Waals surface area contributed by atoms with Crippen molar-refractivity contribution in [3.8, 4) is 0 Å². The van der Waals surface area contributed by atoms with Crippen molar-refractivity contribution in [2.45, 2.75) is 25.8 Å². The molecule has 1 aromatic heterocycles. The molecule has 0 aliphatic carbocycles. The Kier molecular flexibility index (Phi) is 3.72. The average molecular weight is 438 g/mol. The molecule has 0 unspecified atom stereocenters. The second-order valence-corrected chi connectivity index (χ2v) is 8.69. The summed E-state index contributed by atoms with van der Waals surface area (Å²) in [6, 6.07) is 13.8. The van der Waals surface area contributed by atoms with E-state index in [9.17, 15) is 9.59 Å². The summed E-state index contributed by atoms with van der Waals surface area (Å²) < 4.78 is 0.877. The second-order valence-electron chi connectivity index (χ2n) is 7.77. The van der Waals surface area contributed by atoms with Gasteiger partial charge in [0.25, 0.3) is 5.91 Å². The first-order valence-electron chi connectivity index (χ1n) is 9.47. The fraction of sp³-hybridized carbons (Fsp3) is 0.273. The van der Waals surface area contributed by atoms with Gasteiger partial charge in [-0.05, 0) is 36.2 Å². The number of rotatable bonds is 1. The minimum atomic E-state index is -1.17. The molecule has 0 bridgehead atoms. The van der Waals surface area contributed by atoms with Crippen molar-refractivity contribution in [1.82, 2.24) is 9.88 Å². The van der Waals surface area contributed by atoms with Crippen LogP contribution in [-0.4, -0.2) is 28.2 Å². The van der Waals surface area contributed by atoms with E-state index in [1.807, 2.05) is 50.2 Å². The maximum atomic E-state index is 13.6. The Morgan fingerprint density at radius 2 is 2.00 bits per heavy atom. The number of aromatic nitrogens is 1. The van der Waals surface area contributed by atoms with Crippen LogP contribution in [-0.2, 0) is 21.5 Å². The minimum Gasteiger partial charge on any atom is -0.355 e. The van der Waals surface area contributed by atoms with Gasteiger partial charge >= 0.3 is 0 Å². The van der Waals surface area contributed by atoms with E-state index in [2.05, 4.69) is 32.3 Å². The average Bonchev–Trinajstić information content (AvgIpc) is 3.19. The van der Waals surface area contributed by atoms with Crippen LogP contribution in [0.25, 0.3) is 10.9 Å². The largest absolute Gasteiger partial charge is 0.355 e. The molecule has 5 rings (SSSR count). The number of nitrogens with zero attached hydrogens (tertiary/aromatic N) is 1. The maximum absolute atomic E-state index is 13.6. The van der Waals surface area contributed by atoms with Crippen molar-refractivity contribution in [2.75, 3.05) is 11.9 Å². The van der Waals surface area contributed by atoms with Crippen LogP contribution >= 0.6 is 15.9 Å². The first-order valence-corrected chi connectivity index (χ1v) is 10.3. The third-order valence-electron chi connectivity index (χ3n) is 5.87. The maximum Gasteiger partial charge on any atom is 0.261 e. The fourth-order valence-electron chi connectivity index (χ4n) is 4.66. The number of H-pyrrole nitrogens is 1. The lowest BCUT2D eigenvalue weighted by Crippen LogP contribution is -2.58. The lowest BCUT2D eigenvalue weighted by molar-refractivity contribution is -0.146. The lowest BCUT2D eigenvalue weighted by atomic mass is 9.79. The number of hydrogen-bond acceptors (Lipinski definition) is 2. The Labute approximate surface area is 171 Å². The number of halogens is 1. The number of hydrogen-bond donors (Lipinski definition) is 2. The van der Waals surface area contributed by atoms with Gasteiger partial charge in [-0.15, -0.1) is 0 Å². The predicted octanol–water partition coefficient (Wildman–Crippen LogP) is 4.17. The quantitative estimate of drug-likeness (QED) is 0.599. The summed E-state index contributed by atoms with van der Waals surface area (Å²) in [5, 5.41) is 4.14. The van der Waals surface area contributed by atoms with Crippen LogP contribution in [0, 0.1) is 5.92 Å². The summed E-state index contributed by atoms with van der Waals surface area (Å²) in [7, 11) is 0. The van der Waals surface area contributed by atoms with E-state index in [0.29, 0.717) is 6.54 Å². The lowest BCUT2D eigenvalue weighted by Gasteiger charge is -2.44. The van der Waals surface area contributed by atoms with Gasteiger partial charge in [0, 0.05) is 39.1 Å². The van der Waals surface area contributed by atoms with Crippen LogP contribution in [0.4, 0.5) is 5.69 Å². The molecule has 142 valence electrons. The number of benzene rings is 2. The number of fused-ring (bicyclic) bond motifs is 6. The standard InChI is InChI=1S/C22H20BrN3O2/c1-12(2)20(27)26-10-9-15-14-5-3-4-6-17(14)24-19(15)22(26)16-11-13(23)7-8-18(16)25-21(22)28/h3-8,11-12,24H,9-10H2,1-2H3,(H,25,28)/t22-/m1/s1. The van der Waals surface area contributed by atoms with Gasteiger partial charge in [-0.3, -0.25) is 9.59 Å². The van der Waals surface area contributed by atoms with Gasteiger partial charge in [-0.25, -0.2) is 0 Å². The summed E-state index contributed by atoms with van der Waals surface area (Å²) in [5.41, 5.74) is 3.30. The first kappa shape index (κ1) is 17.5. The molecule has 0 fully saturated rings. The van der Waals surface area contributed by atoms with Gasteiger partial charge in [0.05, 0.1) is 5.69 Å². The van der Waals surface area contributed by atoms with E-state index in [1.54, 1.807) is 4.90 Å². The molecule has 0 radical (unpaired) electrons. The van der Waals surface area contributed by atoms with Gasteiger partial charge < -0.3 is 15.2 Å². The second kappa shape index (κ2) is 5.95. The fourth-order valence-corrected chi connectivity index (χ4v) is 5.02. The van der Waals surface area contributed by atoms with E-state index >= 15 is 0 Å². The molecular weight excluding hydrogens is 418 g/mol. The van der Waals surface area contributed by atoms with Gasteiger partial charge in [-0.1, -0.05) is 48.0 Å². The number of carbonyl (C=O) groups excluding carboxylic acids is 2. The van der Waals surface area contributed by atoms with E-state index in [0.717, 1.165) is 44.3 Å². The topological polar surface area (TPSA) is 65.2 Å². The Morgan fingerprint density at radius 1 is 1.21 bits per heavy atom. The number of carbonyl (C=O) groups is 2. The Balaban J connectivity index is 1.88. The number of amides is 2. The van der Waals surface area contributed by atoms with Gasteiger partial charge in [0.15, 0.2) is 5.54 Å². The SMILES string of the molecule is CC(C)C(=O)N1CCc2c([nH]c3ccccc23)[C@]12C(=O)Nc1ccc(Br)cc12. The van der Waals surface area contributed by atoms with E-state index in [-0.39, 0.29) is 17.7 Å². The van der Waals surface area contributed by atoms with Crippen LogP contribution < -0.4 is 5.32 Å². The summed E-state index contributed by atoms with van der Waals surface area (Å²) in [6.07, 6.45) is 0.718. The van der Waals surface area contributed by atoms with Crippen LogP contribution in [0.5, 0.6) is 0 Å². The van der Waals surface area contributed by atoms with Crippen molar-refractivity contribution in [2.24, 2.45) is 5.92 Å². The van der Waals surface area contributed by atoms with Gasteiger partial charge in [0.2, 0.25) is 5.91 Å². The Morgan fingerprint density at radius 3 is 2.79 bits per heavy atom. The Bertz CT molecular complexity index is 1150. The molecule has 28 heavy (non-hydrogen) atoms. The highest BCUT2D eigenvalue weighted by Gasteiger charge is 2.58. The molecular formula is C22H20BrN3O2. The highest BCUT2D eigenvalue weighted by atomic mass is 79.9. The zero-order chi connectivity index (χ0) is 19.6. The molecule has 0 saturated heterocycles. The summed E-state index contributed by atoms with van der Waals surface area (Å²) >= 11 is 3.54. The van der Waals surface area contributed by atoms with Crippen LogP contribution in [0.2, 0.25) is 0 Å².